The number of halogens is 5. The Morgan fingerprint density at radius 3 is 2.71 bits per heavy atom. The molecule has 3 aromatic rings. The number of amides is 1. The summed E-state index contributed by atoms with van der Waals surface area (Å²) in [6.45, 7) is 6.65. The molecule has 5 aliphatic heterocycles. The van der Waals surface area contributed by atoms with E-state index in [2.05, 4.69) is 23.6 Å². The highest BCUT2D eigenvalue weighted by molar-refractivity contribution is 5.88. The molecule has 0 spiro atoms. The molecule has 3 fully saturated rings. The van der Waals surface area contributed by atoms with E-state index in [1.54, 1.807) is 16.7 Å². The van der Waals surface area contributed by atoms with E-state index in [0.29, 0.717) is 66.9 Å². The van der Waals surface area contributed by atoms with Crippen molar-refractivity contribution < 1.29 is 41.0 Å². The average molecular weight is 777 g/mol. The summed E-state index contributed by atoms with van der Waals surface area (Å²) in [6, 6.07) is 6.11. The van der Waals surface area contributed by atoms with Gasteiger partial charge in [0.05, 0.1) is 77.6 Å². The molecule has 1 unspecified atom stereocenters. The Bertz CT molecular complexity index is 2140. The second-order valence-electron chi connectivity index (χ2n) is 14.9. The van der Waals surface area contributed by atoms with Gasteiger partial charge in [0.2, 0.25) is 5.91 Å². The van der Waals surface area contributed by atoms with Crippen LogP contribution in [0.5, 0.6) is 17.5 Å². The molecule has 0 N–H and O–H groups in total. The molecule has 0 radical (unpaired) electrons. The monoisotopic (exact) mass is 776 g/mol. The van der Waals surface area contributed by atoms with Crippen molar-refractivity contribution in [3.8, 4) is 35.9 Å². The summed E-state index contributed by atoms with van der Waals surface area (Å²) >= 11 is 0. The topological polar surface area (TPSA) is 120 Å². The normalized spacial score (nSPS) is 26.7. The highest BCUT2D eigenvalue weighted by Crippen LogP contribution is 2.44. The van der Waals surface area contributed by atoms with Crippen LogP contribution in [0, 0.1) is 35.4 Å². The highest BCUT2D eigenvalue weighted by Gasteiger charge is 2.50. The van der Waals surface area contributed by atoms with Crippen molar-refractivity contribution >= 4 is 23.1 Å². The van der Waals surface area contributed by atoms with Crippen LogP contribution in [0.4, 0.5) is 39.1 Å². The minimum Gasteiger partial charge on any atom is -0.490 e. The number of hydrogen-bond acceptors (Lipinski definition) is 11. The molecular weight excluding hydrogens is 739 g/mol. The van der Waals surface area contributed by atoms with Gasteiger partial charge in [-0.15, -0.1) is 6.42 Å². The first kappa shape index (κ1) is 37.1. The number of nitrogens with zero attached hydrogens (tertiary/aromatic N) is 8. The van der Waals surface area contributed by atoms with Crippen molar-refractivity contribution in [2.24, 2.45) is 5.92 Å². The molecule has 3 saturated heterocycles. The van der Waals surface area contributed by atoms with E-state index >= 15 is 4.39 Å². The van der Waals surface area contributed by atoms with Gasteiger partial charge in [-0.2, -0.15) is 28.4 Å². The third-order valence-corrected chi connectivity index (χ3v) is 11.3. The minimum absolute atomic E-state index is 0.0136. The van der Waals surface area contributed by atoms with Gasteiger partial charge < -0.3 is 33.8 Å². The number of benzene rings is 1. The van der Waals surface area contributed by atoms with Crippen LogP contribution in [-0.2, 0) is 17.4 Å². The van der Waals surface area contributed by atoms with E-state index < -0.39 is 41.4 Å². The van der Waals surface area contributed by atoms with Crippen molar-refractivity contribution in [3.05, 3.63) is 65.9 Å². The number of aromatic nitrogens is 3. The largest absolute Gasteiger partial charge is 0.490 e. The molecule has 2 bridgehead atoms. The van der Waals surface area contributed by atoms with Gasteiger partial charge in [0.1, 0.15) is 43.3 Å². The fourth-order valence-electron chi connectivity index (χ4n) is 8.78. The number of alkyl halides is 4. The summed E-state index contributed by atoms with van der Waals surface area (Å²) in [5.74, 6) is 2.45. The van der Waals surface area contributed by atoms with E-state index in [-0.39, 0.29) is 62.3 Å². The third kappa shape index (κ3) is 6.42. The smallest absolute Gasteiger partial charge is 0.433 e. The van der Waals surface area contributed by atoms with Crippen molar-refractivity contribution in [3.63, 3.8) is 0 Å². The van der Waals surface area contributed by atoms with Crippen molar-refractivity contribution in [1.82, 2.24) is 19.9 Å². The Kier molecular flexibility index (Phi) is 9.29. The Hall–Kier alpha value is -5.84. The van der Waals surface area contributed by atoms with Gasteiger partial charge in [0.25, 0.3) is 0 Å². The zero-order chi connectivity index (χ0) is 39.5. The van der Waals surface area contributed by atoms with Crippen LogP contribution in [0.2, 0.25) is 0 Å². The molecule has 2 aromatic heterocycles. The van der Waals surface area contributed by atoms with E-state index in [1.165, 1.54) is 24.3 Å². The molecule has 292 valence electrons. The number of carbonyl (C=O) groups excluding carboxylic acids is 1. The van der Waals surface area contributed by atoms with Crippen LogP contribution in [0.3, 0.4) is 0 Å². The number of pyridine rings is 1. The first-order valence-electron chi connectivity index (χ1n) is 18.2. The fourth-order valence-corrected chi connectivity index (χ4v) is 8.78. The number of anilines is 3. The van der Waals surface area contributed by atoms with Gasteiger partial charge in [0.15, 0.2) is 11.6 Å². The molecule has 0 saturated carbocycles. The predicted molar refractivity (Wildman–Crippen MR) is 193 cm³/mol. The van der Waals surface area contributed by atoms with Crippen molar-refractivity contribution in [2.75, 3.05) is 60.7 Å². The van der Waals surface area contributed by atoms with E-state index in [1.807, 2.05) is 9.80 Å². The van der Waals surface area contributed by atoms with Crippen LogP contribution in [-0.4, -0.2) is 102 Å². The SMILES string of the molecule is C#Cc1c(F)ccc2c1N([C@@H]1COc3c(nc(OC[C@]4(C)C[C@@H](F)CN4c4ccc(C(F)(F)F)nc4)nc3N3C[C@H]4CC(C#N)[C@@H](C3)N4C(=O)C=C)C1)CCO2. The number of piperazine rings is 1. The maximum Gasteiger partial charge on any atom is 0.433 e. The Morgan fingerprint density at radius 2 is 2.00 bits per heavy atom. The zero-order valence-corrected chi connectivity index (χ0v) is 30.3. The molecule has 0 aliphatic carbocycles. The van der Waals surface area contributed by atoms with Gasteiger partial charge >= 0.3 is 12.2 Å². The van der Waals surface area contributed by atoms with Crippen molar-refractivity contribution in [2.45, 2.75) is 62.2 Å². The predicted octanol–water partition coefficient (Wildman–Crippen LogP) is 4.71. The standard InChI is InChI=1S/C39H37F5N8O4/c1-4-27-28(41)7-8-31-34(27)50(10-11-54-31)26-13-29-35(55-20-26)36(49-18-25-12-22(15-45)30(19-49)52(25)33(53)5-2)48-37(47-29)56-21-38(3)14-23(40)17-51(38)24-6-9-32(46-16-24)39(42,43)44/h1,5-9,16,22-23,25-26,30H,2,10-14,17-21H2,3H3/t22?,23-,25-,26+,30-,38+/m1/s1. The summed E-state index contributed by atoms with van der Waals surface area (Å²) in [7, 11) is 0. The Balaban J connectivity index is 1.13. The van der Waals surface area contributed by atoms with Crippen LogP contribution < -0.4 is 28.9 Å². The lowest BCUT2D eigenvalue weighted by molar-refractivity contribution is -0.141. The second-order valence-corrected chi connectivity index (χ2v) is 14.9. The van der Waals surface area contributed by atoms with E-state index in [0.717, 1.165) is 12.3 Å². The van der Waals surface area contributed by atoms with Gasteiger partial charge in [-0.05, 0) is 43.7 Å². The maximum atomic E-state index is 15.1. The van der Waals surface area contributed by atoms with Crippen LogP contribution in [0.1, 0.15) is 36.7 Å². The lowest BCUT2D eigenvalue weighted by Crippen LogP contribution is -2.56. The molecular formula is C39H37F5N8O4. The van der Waals surface area contributed by atoms with Gasteiger partial charge in [0, 0.05) is 25.9 Å². The number of hydrogen-bond donors (Lipinski definition) is 0. The first-order valence-corrected chi connectivity index (χ1v) is 18.2. The van der Waals surface area contributed by atoms with Gasteiger partial charge in [-0.3, -0.25) is 4.79 Å². The number of fused-ring (bicyclic) bond motifs is 4. The van der Waals surface area contributed by atoms with Crippen LogP contribution >= 0.6 is 0 Å². The average Bonchev–Trinajstić information content (AvgIpc) is 3.62. The van der Waals surface area contributed by atoms with E-state index in [9.17, 15) is 27.6 Å². The number of rotatable bonds is 7. The lowest BCUT2D eigenvalue weighted by Gasteiger charge is -2.43. The molecule has 56 heavy (non-hydrogen) atoms. The summed E-state index contributed by atoms with van der Waals surface area (Å²) in [5, 5.41) is 9.99. The molecule has 6 atom stereocenters. The minimum atomic E-state index is -4.63. The summed E-state index contributed by atoms with van der Waals surface area (Å²) < 4.78 is 88.4. The molecule has 1 amide bonds. The third-order valence-electron chi connectivity index (χ3n) is 11.3. The van der Waals surface area contributed by atoms with Crippen LogP contribution in [0.25, 0.3) is 0 Å². The molecule has 17 heteroatoms. The number of terminal acetylenes is 1. The fraction of sp³-hybridized carbons (Fsp3) is 0.462. The highest BCUT2D eigenvalue weighted by atomic mass is 19.4. The summed E-state index contributed by atoms with van der Waals surface area (Å²) in [4.78, 5) is 33.3. The van der Waals surface area contributed by atoms with Crippen LogP contribution in [0.15, 0.2) is 43.1 Å². The number of nitriles is 1. The maximum absolute atomic E-state index is 15.1. The van der Waals surface area contributed by atoms with Gasteiger partial charge in [-0.25, -0.2) is 13.8 Å². The quantitative estimate of drug-likeness (QED) is 0.189. The zero-order valence-electron chi connectivity index (χ0n) is 30.3. The molecule has 8 rings (SSSR count). The number of carbonyl (C=O) groups is 1. The van der Waals surface area contributed by atoms with Crippen molar-refractivity contribution in [1.29, 1.82) is 5.26 Å². The molecule has 7 heterocycles. The molecule has 12 nitrogen and oxygen atoms in total. The molecule has 1 aromatic carbocycles. The van der Waals surface area contributed by atoms with Gasteiger partial charge in [-0.1, -0.05) is 12.5 Å². The summed E-state index contributed by atoms with van der Waals surface area (Å²) in [5.41, 5.74) is -0.797. The second kappa shape index (κ2) is 14.0. The Morgan fingerprint density at radius 1 is 1.18 bits per heavy atom. The first-order chi connectivity index (χ1) is 26.8. The lowest BCUT2D eigenvalue weighted by atomic mass is 9.99. The number of ether oxygens (including phenoxy) is 3. The molecule has 5 aliphatic rings. The summed E-state index contributed by atoms with van der Waals surface area (Å²) in [6.07, 6.45) is 2.93. The van der Waals surface area contributed by atoms with E-state index in [4.69, 9.17) is 30.6 Å². The Labute approximate surface area is 319 Å².